The Hall–Kier alpha value is -2.54. The average molecular weight is 341 g/mol. The van der Waals surface area contributed by atoms with Gasteiger partial charge in [0, 0.05) is 23.5 Å². The van der Waals surface area contributed by atoms with E-state index in [1.54, 1.807) is 25.3 Å². The minimum absolute atomic E-state index is 0.0446. The smallest absolute Gasteiger partial charge is 0.255 e. The summed E-state index contributed by atoms with van der Waals surface area (Å²) in [4.78, 5) is 38.3. The fourth-order valence-corrected chi connectivity index (χ4v) is 3.03. The quantitative estimate of drug-likeness (QED) is 0.862. The van der Waals surface area contributed by atoms with Crippen LogP contribution in [-0.4, -0.2) is 51.9 Å². The van der Waals surface area contributed by atoms with Crippen molar-refractivity contribution in [1.82, 2.24) is 25.2 Å². The second kappa shape index (κ2) is 7.57. The molecule has 1 aliphatic rings. The van der Waals surface area contributed by atoms with Crippen LogP contribution in [-0.2, 0) is 11.2 Å². The van der Waals surface area contributed by atoms with Gasteiger partial charge in [-0.1, -0.05) is 6.07 Å². The number of amides is 1. The highest BCUT2D eigenvalue weighted by Gasteiger charge is 2.20. The van der Waals surface area contributed by atoms with E-state index in [2.05, 4.69) is 32.2 Å². The van der Waals surface area contributed by atoms with E-state index >= 15 is 0 Å². The topological polar surface area (TPSA) is 91.0 Å². The molecule has 2 N–H and O–H groups in total. The van der Waals surface area contributed by atoms with Crippen molar-refractivity contribution in [2.45, 2.75) is 32.2 Å². The summed E-state index contributed by atoms with van der Waals surface area (Å²) in [6.45, 7) is 3.70. The number of carbonyl (C=O) groups is 1. The van der Waals surface area contributed by atoms with Gasteiger partial charge in [0.1, 0.15) is 5.69 Å². The van der Waals surface area contributed by atoms with Gasteiger partial charge in [-0.15, -0.1) is 0 Å². The van der Waals surface area contributed by atoms with E-state index in [1.165, 1.54) is 0 Å². The number of H-pyrrole nitrogens is 1. The van der Waals surface area contributed by atoms with Crippen LogP contribution in [0.15, 0.2) is 29.2 Å². The Kier molecular flexibility index (Phi) is 5.23. The van der Waals surface area contributed by atoms with Gasteiger partial charge < -0.3 is 15.2 Å². The van der Waals surface area contributed by atoms with Crippen molar-refractivity contribution in [2.24, 2.45) is 0 Å². The number of likely N-dealkylation sites (tertiary alicyclic amines) is 1. The third-order valence-electron chi connectivity index (χ3n) is 4.55. The standard InChI is InChI=1S/C18H23N5O2/c1-12-14(11-16(24)21-13-6-9-23(2)10-7-13)18(25)22-17(20-12)15-5-3-4-8-19-15/h3-5,8,13H,6-7,9-11H2,1-2H3,(H,21,24)(H,20,22,25). The Morgan fingerprint density at radius 2 is 2.12 bits per heavy atom. The molecule has 0 saturated carbocycles. The highest BCUT2D eigenvalue weighted by molar-refractivity contribution is 5.79. The molecule has 3 rings (SSSR count). The number of hydrogen-bond acceptors (Lipinski definition) is 5. The van der Waals surface area contributed by atoms with E-state index < -0.39 is 0 Å². The number of pyridine rings is 1. The zero-order chi connectivity index (χ0) is 17.8. The molecule has 1 saturated heterocycles. The van der Waals surface area contributed by atoms with Crippen LogP contribution in [0.25, 0.3) is 11.5 Å². The summed E-state index contributed by atoms with van der Waals surface area (Å²) in [6.07, 6.45) is 3.57. The van der Waals surface area contributed by atoms with Crippen molar-refractivity contribution >= 4 is 5.91 Å². The van der Waals surface area contributed by atoms with Gasteiger partial charge in [-0.3, -0.25) is 14.6 Å². The molecule has 0 radical (unpaired) electrons. The molecule has 0 unspecified atom stereocenters. The van der Waals surface area contributed by atoms with E-state index in [0.717, 1.165) is 25.9 Å². The van der Waals surface area contributed by atoms with Crippen LogP contribution in [0.1, 0.15) is 24.1 Å². The highest BCUT2D eigenvalue weighted by atomic mass is 16.2. The molecule has 0 aromatic carbocycles. The summed E-state index contributed by atoms with van der Waals surface area (Å²) >= 11 is 0. The summed E-state index contributed by atoms with van der Waals surface area (Å²) in [7, 11) is 2.08. The third-order valence-corrected chi connectivity index (χ3v) is 4.55. The number of aryl methyl sites for hydroxylation is 1. The number of nitrogens with one attached hydrogen (secondary N) is 2. The summed E-state index contributed by atoms with van der Waals surface area (Å²) < 4.78 is 0. The number of aromatic nitrogens is 3. The molecule has 2 aromatic rings. The molecule has 0 atom stereocenters. The molecule has 132 valence electrons. The summed E-state index contributed by atoms with van der Waals surface area (Å²) in [5.41, 5.74) is 1.28. The van der Waals surface area contributed by atoms with Crippen molar-refractivity contribution < 1.29 is 4.79 Å². The lowest BCUT2D eigenvalue weighted by molar-refractivity contribution is -0.121. The van der Waals surface area contributed by atoms with Gasteiger partial charge in [0.05, 0.1) is 6.42 Å². The molecular weight excluding hydrogens is 318 g/mol. The molecule has 3 heterocycles. The average Bonchev–Trinajstić information content (AvgIpc) is 2.61. The van der Waals surface area contributed by atoms with Gasteiger partial charge in [0.15, 0.2) is 5.82 Å². The lowest BCUT2D eigenvalue weighted by atomic mass is 10.0. The first-order chi connectivity index (χ1) is 12.0. The van der Waals surface area contributed by atoms with Crippen LogP contribution in [0.2, 0.25) is 0 Å². The molecule has 25 heavy (non-hydrogen) atoms. The lowest BCUT2D eigenvalue weighted by Crippen LogP contribution is -2.44. The van der Waals surface area contributed by atoms with Gasteiger partial charge in [-0.2, -0.15) is 0 Å². The Morgan fingerprint density at radius 1 is 1.36 bits per heavy atom. The first-order valence-electron chi connectivity index (χ1n) is 8.52. The van der Waals surface area contributed by atoms with E-state index in [0.29, 0.717) is 22.8 Å². The fraction of sp³-hybridized carbons (Fsp3) is 0.444. The number of aromatic amines is 1. The van der Waals surface area contributed by atoms with Crippen molar-refractivity contribution in [1.29, 1.82) is 0 Å². The molecule has 7 nitrogen and oxygen atoms in total. The second-order valence-corrected chi connectivity index (χ2v) is 6.52. The van der Waals surface area contributed by atoms with E-state index in [1.807, 2.05) is 6.07 Å². The molecule has 0 aliphatic carbocycles. The first kappa shape index (κ1) is 17.3. The SMILES string of the molecule is Cc1nc(-c2ccccn2)[nH]c(=O)c1CC(=O)NC1CCN(C)CC1. The van der Waals surface area contributed by atoms with Crippen LogP contribution >= 0.6 is 0 Å². The Labute approximate surface area is 146 Å². The molecule has 1 aliphatic heterocycles. The van der Waals surface area contributed by atoms with Crippen molar-refractivity contribution in [3.8, 4) is 11.5 Å². The molecular formula is C18H23N5O2. The first-order valence-corrected chi connectivity index (χ1v) is 8.52. The van der Waals surface area contributed by atoms with Gasteiger partial charge in [-0.25, -0.2) is 4.98 Å². The lowest BCUT2D eigenvalue weighted by Gasteiger charge is -2.29. The minimum Gasteiger partial charge on any atom is -0.353 e. The van der Waals surface area contributed by atoms with E-state index in [9.17, 15) is 9.59 Å². The van der Waals surface area contributed by atoms with E-state index in [4.69, 9.17) is 0 Å². The van der Waals surface area contributed by atoms with Crippen molar-refractivity contribution in [3.05, 3.63) is 46.0 Å². The zero-order valence-corrected chi connectivity index (χ0v) is 14.6. The highest BCUT2D eigenvalue weighted by Crippen LogP contribution is 2.12. The van der Waals surface area contributed by atoms with Gasteiger partial charge in [0.25, 0.3) is 5.56 Å². The van der Waals surface area contributed by atoms with Crippen LogP contribution in [0.3, 0.4) is 0 Å². The Bertz CT molecular complexity index is 795. The monoisotopic (exact) mass is 341 g/mol. The van der Waals surface area contributed by atoms with Gasteiger partial charge >= 0.3 is 0 Å². The molecule has 2 aromatic heterocycles. The molecule has 0 spiro atoms. The third kappa shape index (κ3) is 4.30. The summed E-state index contributed by atoms with van der Waals surface area (Å²) in [6, 6.07) is 5.60. The van der Waals surface area contributed by atoms with Gasteiger partial charge in [0.2, 0.25) is 5.91 Å². The number of nitrogens with zero attached hydrogens (tertiary/aromatic N) is 3. The normalized spacial score (nSPS) is 15.9. The molecule has 1 fully saturated rings. The maximum absolute atomic E-state index is 12.4. The maximum atomic E-state index is 12.4. The number of piperidine rings is 1. The second-order valence-electron chi connectivity index (χ2n) is 6.52. The van der Waals surface area contributed by atoms with Crippen LogP contribution < -0.4 is 10.9 Å². The number of carbonyl (C=O) groups excluding carboxylic acids is 1. The van der Waals surface area contributed by atoms with E-state index in [-0.39, 0.29) is 23.9 Å². The van der Waals surface area contributed by atoms with Crippen LogP contribution in [0.5, 0.6) is 0 Å². The van der Waals surface area contributed by atoms with Crippen LogP contribution in [0, 0.1) is 6.92 Å². The minimum atomic E-state index is -0.285. The molecule has 0 bridgehead atoms. The largest absolute Gasteiger partial charge is 0.353 e. The van der Waals surface area contributed by atoms with Gasteiger partial charge in [-0.05, 0) is 52.0 Å². The fourth-order valence-electron chi connectivity index (χ4n) is 3.03. The van der Waals surface area contributed by atoms with Crippen molar-refractivity contribution in [3.63, 3.8) is 0 Å². The predicted molar refractivity (Wildman–Crippen MR) is 95.2 cm³/mol. The molecule has 1 amide bonds. The zero-order valence-electron chi connectivity index (χ0n) is 14.6. The maximum Gasteiger partial charge on any atom is 0.255 e. The summed E-state index contributed by atoms with van der Waals surface area (Å²) in [5.74, 6) is 0.290. The Balaban J connectivity index is 1.70. The Morgan fingerprint density at radius 3 is 2.76 bits per heavy atom. The van der Waals surface area contributed by atoms with Crippen LogP contribution in [0.4, 0.5) is 0 Å². The summed E-state index contributed by atoms with van der Waals surface area (Å²) in [5, 5.41) is 3.03. The number of hydrogen-bond donors (Lipinski definition) is 2. The van der Waals surface area contributed by atoms with Crippen molar-refractivity contribution in [2.75, 3.05) is 20.1 Å². The number of rotatable bonds is 4. The molecule has 7 heteroatoms. The predicted octanol–water partition coefficient (Wildman–Crippen LogP) is 0.893.